The molecule has 86 valence electrons. The van der Waals surface area contributed by atoms with E-state index in [1.807, 2.05) is 0 Å². The van der Waals surface area contributed by atoms with Gasteiger partial charge in [0, 0.05) is 26.1 Å². The van der Waals surface area contributed by atoms with Gasteiger partial charge in [-0.2, -0.15) is 4.98 Å². The van der Waals surface area contributed by atoms with E-state index < -0.39 is 5.82 Å². The Morgan fingerprint density at radius 1 is 1.50 bits per heavy atom. The molecular formula is C9H10ClFN4O. The molecular weight excluding hydrogens is 235 g/mol. The number of halogens is 2. The smallest absolute Gasteiger partial charge is 0.224 e. The van der Waals surface area contributed by atoms with E-state index in [4.69, 9.17) is 11.6 Å². The Labute approximate surface area is 96.6 Å². The van der Waals surface area contributed by atoms with Gasteiger partial charge in [-0.05, 0) is 11.6 Å². The minimum Gasteiger partial charge on any atom is -0.354 e. The summed E-state index contributed by atoms with van der Waals surface area (Å²) in [7, 11) is 0. The number of anilines is 1. The summed E-state index contributed by atoms with van der Waals surface area (Å²) in [6, 6.07) is 0. The maximum absolute atomic E-state index is 13.5. The van der Waals surface area contributed by atoms with Crippen LogP contribution in [0.4, 0.5) is 10.2 Å². The summed E-state index contributed by atoms with van der Waals surface area (Å²) < 4.78 is 13.5. The highest BCUT2D eigenvalue weighted by atomic mass is 35.5. The topological polar surface area (TPSA) is 58.1 Å². The van der Waals surface area contributed by atoms with Crippen molar-refractivity contribution in [2.24, 2.45) is 0 Å². The summed E-state index contributed by atoms with van der Waals surface area (Å²) >= 11 is 5.61. The van der Waals surface area contributed by atoms with Gasteiger partial charge in [-0.15, -0.1) is 0 Å². The summed E-state index contributed by atoms with van der Waals surface area (Å²) in [6.45, 7) is 1.41. The number of aromatic nitrogens is 2. The molecule has 0 aliphatic carbocycles. The number of nitrogens with zero attached hydrogens (tertiary/aromatic N) is 3. The van der Waals surface area contributed by atoms with Crippen LogP contribution in [0.2, 0.25) is 5.28 Å². The van der Waals surface area contributed by atoms with Crippen LogP contribution in [0.1, 0.15) is 6.42 Å². The Morgan fingerprint density at radius 3 is 3.12 bits per heavy atom. The molecule has 1 aromatic heterocycles. The summed E-state index contributed by atoms with van der Waals surface area (Å²) in [5, 5.41) is 2.70. The van der Waals surface area contributed by atoms with Crippen molar-refractivity contribution in [1.29, 1.82) is 0 Å². The van der Waals surface area contributed by atoms with Crippen LogP contribution in [-0.2, 0) is 4.79 Å². The van der Waals surface area contributed by atoms with Crippen LogP contribution in [-0.4, -0.2) is 35.5 Å². The van der Waals surface area contributed by atoms with Crippen molar-refractivity contribution in [1.82, 2.24) is 15.3 Å². The number of carbonyl (C=O) groups is 1. The summed E-state index contributed by atoms with van der Waals surface area (Å²) in [5.41, 5.74) is 0. The number of hydrogen-bond donors (Lipinski definition) is 1. The van der Waals surface area contributed by atoms with E-state index in [0.717, 1.165) is 6.20 Å². The molecule has 1 saturated heterocycles. The predicted octanol–water partition coefficient (Wildman–Crippen LogP) is 0.595. The summed E-state index contributed by atoms with van der Waals surface area (Å²) in [4.78, 5) is 20.2. The Hall–Kier alpha value is -1.43. The van der Waals surface area contributed by atoms with E-state index in [2.05, 4.69) is 15.3 Å². The zero-order valence-corrected chi connectivity index (χ0v) is 9.17. The highest BCUT2D eigenvalue weighted by molar-refractivity contribution is 6.28. The Bertz CT molecular complexity index is 414. The molecule has 2 heterocycles. The second-order valence-electron chi connectivity index (χ2n) is 3.40. The second-order valence-corrected chi connectivity index (χ2v) is 3.74. The monoisotopic (exact) mass is 244 g/mol. The van der Waals surface area contributed by atoms with Gasteiger partial charge in [0.15, 0.2) is 11.6 Å². The molecule has 0 spiro atoms. The standard InChI is InChI=1S/C9H10ClFN4O/c10-9-13-5-6(11)8(14-9)15-3-1-7(16)12-2-4-15/h5H,1-4H2,(H,12,16). The zero-order chi connectivity index (χ0) is 11.5. The fourth-order valence-corrected chi connectivity index (χ4v) is 1.67. The van der Waals surface area contributed by atoms with Crippen molar-refractivity contribution in [3.05, 3.63) is 17.3 Å². The van der Waals surface area contributed by atoms with Crippen molar-refractivity contribution in [2.75, 3.05) is 24.5 Å². The van der Waals surface area contributed by atoms with Crippen LogP contribution >= 0.6 is 11.6 Å². The van der Waals surface area contributed by atoms with Gasteiger partial charge in [0.05, 0.1) is 6.20 Å². The first-order valence-electron chi connectivity index (χ1n) is 4.86. The number of amides is 1. The normalized spacial score (nSPS) is 16.9. The van der Waals surface area contributed by atoms with Gasteiger partial charge in [0.25, 0.3) is 0 Å². The number of hydrogen-bond acceptors (Lipinski definition) is 4. The fourth-order valence-electron chi connectivity index (χ4n) is 1.54. The molecule has 16 heavy (non-hydrogen) atoms. The molecule has 1 amide bonds. The van der Waals surface area contributed by atoms with Crippen LogP contribution < -0.4 is 10.2 Å². The average Bonchev–Trinajstić information content (AvgIpc) is 2.47. The van der Waals surface area contributed by atoms with E-state index in [0.29, 0.717) is 26.1 Å². The Kier molecular flexibility index (Phi) is 3.19. The van der Waals surface area contributed by atoms with Gasteiger partial charge in [0.1, 0.15) is 0 Å². The number of carbonyl (C=O) groups excluding carboxylic acids is 1. The molecule has 0 radical (unpaired) electrons. The minimum absolute atomic E-state index is 0.0000624. The molecule has 0 atom stereocenters. The van der Waals surface area contributed by atoms with Crippen molar-refractivity contribution in [3.8, 4) is 0 Å². The number of rotatable bonds is 1. The maximum Gasteiger partial charge on any atom is 0.224 e. The van der Waals surface area contributed by atoms with Crippen molar-refractivity contribution in [2.45, 2.75) is 6.42 Å². The molecule has 1 N–H and O–H groups in total. The highest BCUT2D eigenvalue weighted by Crippen LogP contribution is 2.18. The molecule has 2 rings (SSSR count). The zero-order valence-electron chi connectivity index (χ0n) is 8.41. The van der Waals surface area contributed by atoms with E-state index in [1.54, 1.807) is 4.90 Å². The quantitative estimate of drug-likeness (QED) is 0.735. The van der Waals surface area contributed by atoms with Gasteiger partial charge >= 0.3 is 0 Å². The molecule has 1 aliphatic heterocycles. The minimum atomic E-state index is -0.529. The van der Waals surface area contributed by atoms with Crippen LogP contribution in [0.3, 0.4) is 0 Å². The van der Waals surface area contributed by atoms with E-state index >= 15 is 0 Å². The van der Waals surface area contributed by atoms with Gasteiger partial charge in [-0.3, -0.25) is 4.79 Å². The third-order valence-electron chi connectivity index (χ3n) is 2.31. The predicted molar refractivity (Wildman–Crippen MR) is 56.8 cm³/mol. The number of nitrogens with one attached hydrogen (secondary N) is 1. The third kappa shape index (κ3) is 2.38. The largest absolute Gasteiger partial charge is 0.354 e. The molecule has 1 aliphatic rings. The van der Waals surface area contributed by atoms with Gasteiger partial charge in [-0.1, -0.05) is 0 Å². The summed E-state index contributed by atoms with van der Waals surface area (Å²) in [6.07, 6.45) is 1.35. The van der Waals surface area contributed by atoms with Gasteiger partial charge in [0.2, 0.25) is 11.2 Å². The molecule has 1 aromatic rings. The van der Waals surface area contributed by atoms with E-state index in [-0.39, 0.29) is 17.0 Å². The van der Waals surface area contributed by atoms with Crippen molar-refractivity contribution in [3.63, 3.8) is 0 Å². The molecule has 0 unspecified atom stereocenters. The Morgan fingerprint density at radius 2 is 2.31 bits per heavy atom. The van der Waals surface area contributed by atoms with Gasteiger partial charge in [-0.25, -0.2) is 9.37 Å². The van der Waals surface area contributed by atoms with Crippen molar-refractivity contribution >= 4 is 23.3 Å². The molecule has 0 bridgehead atoms. The molecule has 1 fully saturated rings. The molecule has 0 aromatic carbocycles. The van der Waals surface area contributed by atoms with Crippen LogP contribution in [0, 0.1) is 5.82 Å². The fraction of sp³-hybridized carbons (Fsp3) is 0.444. The first-order chi connectivity index (χ1) is 7.66. The first kappa shape index (κ1) is 11.1. The SMILES string of the molecule is O=C1CCN(c2nc(Cl)ncc2F)CCN1. The Balaban J connectivity index is 2.22. The molecule has 7 heteroatoms. The molecule has 0 saturated carbocycles. The van der Waals surface area contributed by atoms with Crippen LogP contribution in [0.25, 0.3) is 0 Å². The van der Waals surface area contributed by atoms with E-state index in [9.17, 15) is 9.18 Å². The average molecular weight is 245 g/mol. The highest BCUT2D eigenvalue weighted by Gasteiger charge is 2.18. The van der Waals surface area contributed by atoms with Gasteiger partial charge < -0.3 is 10.2 Å². The third-order valence-corrected chi connectivity index (χ3v) is 2.49. The second kappa shape index (κ2) is 4.61. The lowest BCUT2D eigenvalue weighted by atomic mass is 10.3. The molecule has 5 nitrogen and oxygen atoms in total. The summed E-state index contributed by atoms with van der Waals surface area (Å²) in [5.74, 6) is -0.418. The van der Waals surface area contributed by atoms with Crippen molar-refractivity contribution < 1.29 is 9.18 Å². The lowest BCUT2D eigenvalue weighted by Gasteiger charge is -2.20. The first-order valence-corrected chi connectivity index (χ1v) is 5.24. The lowest BCUT2D eigenvalue weighted by molar-refractivity contribution is -0.120. The lowest BCUT2D eigenvalue weighted by Crippen LogP contribution is -2.29. The maximum atomic E-state index is 13.5. The van der Waals surface area contributed by atoms with Crippen LogP contribution in [0.15, 0.2) is 6.20 Å². The van der Waals surface area contributed by atoms with E-state index in [1.165, 1.54) is 0 Å². The van der Waals surface area contributed by atoms with Crippen LogP contribution in [0.5, 0.6) is 0 Å².